The maximum Gasteiger partial charge on any atom is 0.280 e. The Morgan fingerprint density at radius 1 is 1.32 bits per heavy atom. The molecule has 5 heteroatoms. The van der Waals surface area contributed by atoms with Crippen molar-refractivity contribution >= 4 is 12.1 Å². The molecule has 1 unspecified atom stereocenters. The van der Waals surface area contributed by atoms with Crippen molar-refractivity contribution in [3.05, 3.63) is 54.5 Å². The lowest BCUT2D eigenvalue weighted by atomic mass is 10.3. The van der Waals surface area contributed by atoms with Gasteiger partial charge in [0, 0.05) is 0 Å². The molecule has 1 atom stereocenters. The molecule has 1 aromatic carbocycles. The molecule has 0 radical (unpaired) electrons. The molecule has 0 bridgehead atoms. The van der Waals surface area contributed by atoms with Crippen LogP contribution in [0.4, 0.5) is 0 Å². The molecule has 0 aliphatic rings. The Hall–Kier alpha value is -2.56. The summed E-state index contributed by atoms with van der Waals surface area (Å²) >= 11 is 0. The zero-order valence-electron chi connectivity index (χ0n) is 10.4. The van der Waals surface area contributed by atoms with Crippen LogP contribution in [0, 0.1) is 0 Å². The molecule has 1 heterocycles. The van der Waals surface area contributed by atoms with Crippen molar-refractivity contribution in [3.8, 4) is 5.75 Å². The Kier molecular flexibility index (Phi) is 4.34. The predicted molar refractivity (Wildman–Crippen MR) is 71.0 cm³/mol. The molecular formula is C14H14N2O3. The topological polar surface area (TPSA) is 63.8 Å². The van der Waals surface area contributed by atoms with Gasteiger partial charge in [-0.2, -0.15) is 5.10 Å². The van der Waals surface area contributed by atoms with Crippen LogP contribution in [0.25, 0.3) is 0 Å². The van der Waals surface area contributed by atoms with Gasteiger partial charge in [0.2, 0.25) is 0 Å². The zero-order chi connectivity index (χ0) is 13.5. The number of carbonyl (C=O) groups excluding carboxylic acids is 1. The average Bonchev–Trinajstić information content (AvgIpc) is 2.93. The second-order valence-electron chi connectivity index (χ2n) is 3.82. The van der Waals surface area contributed by atoms with E-state index in [2.05, 4.69) is 10.5 Å². The molecule has 0 aliphatic heterocycles. The van der Waals surface area contributed by atoms with E-state index in [-0.39, 0.29) is 5.91 Å². The van der Waals surface area contributed by atoms with E-state index >= 15 is 0 Å². The zero-order valence-corrected chi connectivity index (χ0v) is 10.4. The third kappa shape index (κ3) is 3.99. The fraction of sp³-hybridized carbons (Fsp3) is 0.143. The predicted octanol–water partition coefficient (Wildman–Crippen LogP) is 2.20. The molecule has 98 valence electrons. The van der Waals surface area contributed by atoms with E-state index in [4.69, 9.17) is 9.15 Å². The van der Waals surface area contributed by atoms with Crippen LogP contribution in [0.15, 0.2) is 58.2 Å². The fourth-order valence-corrected chi connectivity index (χ4v) is 1.37. The number of nitrogens with zero attached hydrogens (tertiary/aromatic N) is 1. The van der Waals surface area contributed by atoms with Crippen molar-refractivity contribution in [1.82, 2.24) is 5.43 Å². The molecule has 0 saturated heterocycles. The lowest BCUT2D eigenvalue weighted by Crippen LogP contribution is -2.33. The Bertz CT molecular complexity index is 535. The van der Waals surface area contributed by atoms with Crippen molar-refractivity contribution in [1.29, 1.82) is 0 Å². The third-order valence-electron chi connectivity index (χ3n) is 2.34. The van der Waals surface area contributed by atoms with Gasteiger partial charge in [-0.05, 0) is 31.2 Å². The minimum Gasteiger partial charge on any atom is -0.481 e. The standard InChI is InChI=1S/C14H14N2O3/c1-11(19-12-6-3-2-4-7-12)14(17)16-15-10-13-8-5-9-18-13/h2-11H,1H3,(H,16,17)/b15-10+. The number of rotatable bonds is 5. The van der Waals surface area contributed by atoms with Crippen molar-refractivity contribution in [2.45, 2.75) is 13.0 Å². The fourth-order valence-electron chi connectivity index (χ4n) is 1.37. The normalized spacial score (nSPS) is 12.3. The van der Waals surface area contributed by atoms with Crippen LogP contribution in [0.3, 0.4) is 0 Å². The van der Waals surface area contributed by atoms with Crippen molar-refractivity contribution < 1.29 is 13.9 Å². The van der Waals surface area contributed by atoms with E-state index in [1.165, 1.54) is 12.5 Å². The summed E-state index contributed by atoms with van der Waals surface area (Å²) in [7, 11) is 0. The lowest BCUT2D eigenvalue weighted by molar-refractivity contribution is -0.127. The minimum atomic E-state index is -0.629. The first kappa shape index (κ1) is 12.9. The summed E-state index contributed by atoms with van der Waals surface area (Å²) in [6.45, 7) is 1.66. The van der Waals surface area contributed by atoms with E-state index in [0.29, 0.717) is 11.5 Å². The van der Waals surface area contributed by atoms with E-state index < -0.39 is 6.10 Å². The Morgan fingerprint density at radius 3 is 2.79 bits per heavy atom. The minimum absolute atomic E-state index is 0.327. The molecule has 2 rings (SSSR count). The summed E-state index contributed by atoms with van der Waals surface area (Å²) in [5, 5.41) is 3.78. The number of furan rings is 1. The SMILES string of the molecule is CC(Oc1ccccc1)C(=O)N/N=C/c1ccco1. The summed E-state index contributed by atoms with van der Waals surface area (Å²) < 4.78 is 10.5. The lowest BCUT2D eigenvalue weighted by Gasteiger charge is -2.12. The first-order valence-corrected chi connectivity index (χ1v) is 5.84. The molecule has 1 amide bonds. The van der Waals surface area contributed by atoms with Gasteiger partial charge in [-0.3, -0.25) is 4.79 Å². The summed E-state index contributed by atoms with van der Waals surface area (Å²) in [4.78, 5) is 11.7. The molecule has 0 fully saturated rings. The highest BCUT2D eigenvalue weighted by Gasteiger charge is 2.13. The van der Waals surface area contributed by atoms with Crippen LogP contribution in [-0.4, -0.2) is 18.2 Å². The highest BCUT2D eigenvalue weighted by molar-refractivity contribution is 5.83. The van der Waals surface area contributed by atoms with Gasteiger partial charge in [0.25, 0.3) is 5.91 Å². The van der Waals surface area contributed by atoms with Crippen molar-refractivity contribution in [2.75, 3.05) is 0 Å². The van der Waals surface area contributed by atoms with Gasteiger partial charge < -0.3 is 9.15 Å². The number of amides is 1. The largest absolute Gasteiger partial charge is 0.481 e. The molecule has 1 aromatic heterocycles. The molecule has 0 saturated carbocycles. The third-order valence-corrected chi connectivity index (χ3v) is 2.34. The summed E-state index contributed by atoms with van der Waals surface area (Å²) in [6, 6.07) is 12.6. The van der Waals surface area contributed by atoms with Gasteiger partial charge in [-0.15, -0.1) is 0 Å². The summed E-state index contributed by atoms with van der Waals surface area (Å²) in [5.41, 5.74) is 2.39. The van der Waals surface area contributed by atoms with Gasteiger partial charge in [-0.25, -0.2) is 5.43 Å². The Morgan fingerprint density at radius 2 is 2.11 bits per heavy atom. The molecule has 5 nitrogen and oxygen atoms in total. The smallest absolute Gasteiger partial charge is 0.280 e. The first-order chi connectivity index (χ1) is 9.25. The van der Waals surface area contributed by atoms with E-state index in [9.17, 15) is 4.79 Å². The van der Waals surface area contributed by atoms with Gasteiger partial charge in [-0.1, -0.05) is 18.2 Å². The van der Waals surface area contributed by atoms with Crippen LogP contribution >= 0.6 is 0 Å². The van der Waals surface area contributed by atoms with Crippen LogP contribution in [-0.2, 0) is 4.79 Å². The Labute approximate surface area is 110 Å². The van der Waals surface area contributed by atoms with E-state index in [1.807, 2.05) is 18.2 Å². The van der Waals surface area contributed by atoms with Gasteiger partial charge >= 0.3 is 0 Å². The highest BCUT2D eigenvalue weighted by Crippen LogP contribution is 2.10. The monoisotopic (exact) mass is 258 g/mol. The van der Waals surface area contributed by atoms with Crippen molar-refractivity contribution in [2.24, 2.45) is 5.10 Å². The first-order valence-electron chi connectivity index (χ1n) is 5.84. The maximum atomic E-state index is 11.7. The van der Waals surface area contributed by atoms with E-state index in [1.54, 1.807) is 31.2 Å². The molecule has 0 aliphatic carbocycles. The summed E-state index contributed by atoms with van der Waals surface area (Å²) in [6.07, 6.45) is 2.33. The highest BCUT2D eigenvalue weighted by atomic mass is 16.5. The molecule has 19 heavy (non-hydrogen) atoms. The molecule has 1 N–H and O–H groups in total. The maximum absolute atomic E-state index is 11.7. The number of hydrazone groups is 1. The molecule has 2 aromatic rings. The number of nitrogens with one attached hydrogen (secondary N) is 1. The van der Waals surface area contributed by atoms with Gasteiger partial charge in [0.1, 0.15) is 11.5 Å². The van der Waals surface area contributed by atoms with Gasteiger partial charge in [0.05, 0.1) is 12.5 Å². The van der Waals surface area contributed by atoms with Crippen molar-refractivity contribution in [3.63, 3.8) is 0 Å². The van der Waals surface area contributed by atoms with Crippen LogP contribution in [0.2, 0.25) is 0 Å². The van der Waals surface area contributed by atoms with Crippen LogP contribution in [0.1, 0.15) is 12.7 Å². The number of hydrogen-bond donors (Lipinski definition) is 1. The number of ether oxygens (including phenoxy) is 1. The number of benzene rings is 1. The van der Waals surface area contributed by atoms with Crippen LogP contribution in [0.5, 0.6) is 5.75 Å². The molecule has 0 spiro atoms. The van der Waals surface area contributed by atoms with Gasteiger partial charge in [0.15, 0.2) is 6.10 Å². The van der Waals surface area contributed by atoms with Crippen LogP contribution < -0.4 is 10.2 Å². The molecular weight excluding hydrogens is 244 g/mol. The number of para-hydroxylation sites is 1. The quantitative estimate of drug-likeness (QED) is 0.660. The number of carbonyl (C=O) groups is 1. The number of hydrogen-bond acceptors (Lipinski definition) is 4. The summed E-state index contributed by atoms with van der Waals surface area (Å²) in [5.74, 6) is 0.878. The average molecular weight is 258 g/mol. The Balaban J connectivity index is 1.83. The second-order valence-corrected chi connectivity index (χ2v) is 3.82. The second kappa shape index (κ2) is 6.39. The van der Waals surface area contributed by atoms with E-state index in [0.717, 1.165) is 0 Å².